The molecule has 1 aromatic rings. The Labute approximate surface area is 93.0 Å². The Morgan fingerprint density at radius 1 is 1.60 bits per heavy atom. The minimum atomic E-state index is -0.405. The van der Waals surface area contributed by atoms with Crippen molar-refractivity contribution in [2.24, 2.45) is 0 Å². The zero-order valence-electron chi connectivity index (χ0n) is 8.35. The van der Waals surface area contributed by atoms with Crippen molar-refractivity contribution in [1.82, 2.24) is 0 Å². The normalized spacial score (nSPS) is 12.4. The van der Waals surface area contributed by atoms with Crippen molar-refractivity contribution < 1.29 is 9.66 Å². The smallest absolute Gasteiger partial charge is 0.269 e. The summed E-state index contributed by atoms with van der Waals surface area (Å²) in [5.74, 6) is 0. The number of ether oxygens (including phenoxy) is 1. The van der Waals surface area contributed by atoms with Crippen molar-refractivity contribution >= 4 is 17.3 Å². The molecule has 0 bridgehead atoms. The number of hydrogen-bond acceptors (Lipinski definition) is 3. The molecular weight excluding hydrogens is 218 g/mol. The summed E-state index contributed by atoms with van der Waals surface area (Å²) in [4.78, 5) is 10.1. The Morgan fingerprint density at radius 3 is 2.93 bits per heavy atom. The number of non-ortho nitro benzene ring substituents is 1. The van der Waals surface area contributed by atoms with E-state index in [0.717, 1.165) is 5.56 Å². The first-order chi connectivity index (χ1) is 7.13. The van der Waals surface area contributed by atoms with Gasteiger partial charge in [0.05, 0.1) is 4.92 Å². The summed E-state index contributed by atoms with van der Waals surface area (Å²) < 4.78 is 4.88. The minimum absolute atomic E-state index is 0.107. The highest BCUT2D eigenvalue weighted by Gasteiger charge is 2.07. The number of methoxy groups -OCH3 is 1. The molecule has 1 rings (SSSR count). The van der Waals surface area contributed by atoms with E-state index in [4.69, 9.17) is 16.3 Å². The molecule has 4 nitrogen and oxygen atoms in total. The van der Waals surface area contributed by atoms with Crippen LogP contribution < -0.4 is 0 Å². The van der Waals surface area contributed by atoms with E-state index in [1.807, 2.05) is 6.07 Å². The van der Waals surface area contributed by atoms with Crippen LogP contribution in [0.4, 0.5) is 5.69 Å². The molecule has 82 valence electrons. The van der Waals surface area contributed by atoms with Crippen LogP contribution in [0, 0.1) is 10.1 Å². The maximum Gasteiger partial charge on any atom is 0.269 e. The lowest BCUT2D eigenvalue weighted by atomic mass is 10.1. The van der Waals surface area contributed by atoms with E-state index in [0.29, 0.717) is 12.8 Å². The van der Waals surface area contributed by atoms with Gasteiger partial charge in [-0.15, -0.1) is 0 Å². The predicted molar refractivity (Wildman–Crippen MR) is 58.1 cm³/mol. The van der Waals surface area contributed by atoms with E-state index in [9.17, 15) is 10.1 Å². The molecular formula is C10H12ClNO3. The first-order valence-corrected chi connectivity index (χ1v) is 4.97. The highest BCUT2D eigenvalue weighted by Crippen LogP contribution is 2.16. The van der Waals surface area contributed by atoms with E-state index in [1.54, 1.807) is 12.1 Å². The van der Waals surface area contributed by atoms with Crippen LogP contribution in [0.1, 0.15) is 12.0 Å². The first-order valence-electron chi connectivity index (χ1n) is 4.53. The van der Waals surface area contributed by atoms with Gasteiger partial charge in [-0.25, -0.2) is 0 Å². The second kappa shape index (κ2) is 5.68. The fourth-order valence-corrected chi connectivity index (χ4v) is 1.33. The standard InChI is InChI=1S/C10H12ClNO3/c1-15-10(11)6-5-8-3-2-4-9(7-8)12(13)14/h2-4,7,10H,5-6H2,1H3. The zero-order valence-corrected chi connectivity index (χ0v) is 9.11. The van der Waals surface area contributed by atoms with Crippen molar-refractivity contribution in [2.45, 2.75) is 18.4 Å². The molecule has 0 amide bonds. The molecule has 1 aromatic carbocycles. The fourth-order valence-electron chi connectivity index (χ4n) is 1.22. The third-order valence-corrected chi connectivity index (χ3v) is 2.43. The molecule has 0 spiro atoms. The van der Waals surface area contributed by atoms with E-state index in [2.05, 4.69) is 0 Å². The highest BCUT2D eigenvalue weighted by molar-refractivity contribution is 6.19. The molecule has 1 atom stereocenters. The monoisotopic (exact) mass is 229 g/mol. The third kappa shape index (κ3) is 3.85. The van der Waals surface area contributed by atoms with Crippen molar-refractivity contribution in [2.75, 3.05) is 7.11 Å². The van der Waals surface area contributed by atoms with Crippen LogP contribution in [0.5, 0.6) is 0 Å². The quantitative estimate of drug-likeness (QED) is 0.443. The van der Waals surface area contributed by atoms with Crippen LogP contribution in [0.2, 0.25) is 0 Å². The van der Waals surface area contributed by atoms with Crippen LogP contribution in [-0.2, 0) is 11.2 Å². The lowest BCUT2D eigenvalue weighted by Gasteiger charge is -2.06. The Morgan fingerprint density at radius 2 is 2.33 bits per heavy atom. The molecule has 15 heavy (non-hydrogen) atoms. The van der Waals surface area contributed by atoms with Gasteiger partial charge in [0.15, 0.2) is 0 Å². The molecule has 0 aliphatic heterocycles. The lowest BCUT2D eigenvalue weighted by Crippen LogP contribution is -2.02. The van der Waals surface area contributed by atoms with Crippen LogP contribution in [0.3, 0.4) is 0 Å². The van der Waals surface area contributed by atoms with E-state index >= 15 is 0 Å². The number of nitro benzene ring substituents is 1. The summed E-state index contributed by atoms with van der Waals surface area (Å²) in [6.07, 6.45) is 1.31. The van der Waals surface area contributed by atoms with Gasteiger partial charge in [0.2, 0.25) is 0 Å². The van der Waals surface area contributed by atoms with Gasteiger partial charge in [-0.2, -0.15) is 0 Å². The predicted octanol–water partition coefficient (Wildman–Crippen LogP) is 2.74. The third-order valence-electron chi connectivity index (χ3n) is 2.04. The molecule has 0 saturated heterocycles. The van der Waals surface area contributed by atoms with Crippen LogP contribution in [0.25, 0.3) is 0 Å². The molecule has 0 fully saturated rings. The molecule has 0 aromatic heterocycles. The Balaban J connectivity index is 2.62. The minimum Gasteiger partial charge on any atom is -0.366 e. The van der Waals surface area contributed by atoms with E-state index < -0.39 is 4.92 Å². The van der Waals surface area contributed by atoms with Crippen LogP contribution in [0.15, 0.2) is 24.3 Å². The summed E-state index contributed by atoms with van der Waals surface area (Å²) in [5, 5.41) is 10.5. The average Bonchev–Trinajstić information content (AvgIpc) is 2.26. The van der Waals surface area contributed by atoms with Gasteiger partial charge in [-0.1, -0.05) is 23.7 Å². The van der Waals surface area contributed by atoms with Gasteiger partial charge in [0.25, 0.3) is 5.69 Å². The number of nitro groups is 1. The summed E-state index contributed by atoms with van der Waals surface area (Å²) in [5.41, 5.74) is 0.659. The molecule has 0 aliphatic rings. The van der Waals surface area contributed by atoms with Gasteiger partial charge in [0, 0.05) is 19.2 Å². The van der Waals surface area contributed by atoms with Crippen molar-refractivity contribution in [3.8, 4) is 0 Å². The summed E-state index contributed by atoms with van der Waals surface area (Å²) >= 11 is 5.76. The number of hydrogen-bond donors (Lipinski definition) is 0. The summed E-state index contributed by atoms with van der Waals surface area (Å²) in [6.45, 7) is 0. The first kappa shape index (κ1) is 11.9. The fraction of sp³-hybridized carbons (Fsp3) is 0.400. The second-order valence-electron chi connectivity index (χ2n) is 3.11. The van der Waals surface area contributed by atoms with Crippen LogP contribution >= 0.6 is 11.6 Å². The topological polar surface area (TPSA) is 52.4 Å². The van der Waals surface area contributed by atoms with Gasteiger partial charge in [0.1, 0.15) is 5.56 Å². The number of rotatable bonds is 5. The van der Waals surface area contributed by atoms with Crippen molar-refractivity contribution in [1.29, 1.82) is 0 Å². The SMILES string of the molecule is COC(Cl)CCc1cccc([N+](=O)[O-])c1. The highest BCUT2D eigenvalue weighted by atomic mass is 35.5. The van der Waals surface area contributed by atoms with Gasteiger partial charge in [-0.05, 0) is 18.4 Å². The average molecular weight is 230 g/mol. The van der Waals surface area contributed by atoms with Gasteiger partial charge < -0.3 is 4.74 Å². The van der Waals surface area contributed by atoms with Gasteiger partial charge in [-0.3, -0.25) is 10.1 Å². The van der Waals surface area contributed by atoms with Crippen LogP contribution in [-0.4, -0.2) is 17.6 Å². The molecule has 5 heteroatoms. The maximum absolute atomic E-state index is 10.5. The number of alkyl halides is 1. The Bertz CT molecular complexity index is 343. The van der Waals surface area contributed by atoms with E-state index in [-0.39, 0.29) is 11.3 Å². The van der Waals surface area contributed by atoms with Crippen molar-refractivity contribution in [3.63, 3.8) is 0 Å². The summed E-state index contributed by atoms with van der Waals surface area (Å²) in [6, 6.07) is 6.53. The zero-order chi connectivity index (χ0) is 11.3. The van der Waals surface area contributed by atoms with E-state index in [1.165, 1.54) is 13.2 Å². The maximum atomic E-state index is 10.5. The largest absolute Gasteiger partial charge is 0.366 e. The Hall–Kier alpha value is -1.13. The number of benzene rings is 1. The molecule has 0 N–H and O–H groups in total. The molecule has 0 aliphatic carbocycles. The molecule has 0 saturated carbocycles. The molecule has 0 heterocycles. The Kier molecular flexibility index (Phi) is 4.52. The number of halogens is 1. The summed E-state index contributed by atoms with van der Waals surface area (Å²) in [7, 11) is 1.53. The lowest BCUT2D eigenvalue weighted by molar-refractivity contribution is -0.384. The molecule has 1 unspecified atom stereocenters. The molecule has 0 radical (unpaired) electrons. The van der Waals surface area contributed by atoms with Crippen molar-refractivity contribution in [3.05, 3.63) is 39.9 Å². The number of nitrogens with zero attached hydrogens (tertiary/aromatic N) is 1. The van der Waals surface area contributed by atoms with Gasteiger partial charge >= 0.3 is 0 Å². The second-order valence-corrected chi connectivity index (χ2v) is 3.60. The number of aryl methyl sites for hydroxylation is 1.